The van der Waals surface area contributed by atoms with Gasteiger partial charge in [-0.15, -0.1) is 0 Å². The summed E-state index contributed by atoms with van der Waals surface area (Å²) in [6.07, 6.45) is 3.94. The number of aryl methyl sites for hydroxylation is 3. The van der Waals surface area contributed by atoms with Gasteiger partial charge in [-0.05, 0) is 58.1 Å². The summed E-state index contributed by atoms with van der Waals surface area (Å²) in [6.45, 7) is 14.5. The van der Waals surface area contributed by atoms with Crippen LogP contribution in [0, 0.1) is 20.8 Å². The first kappa shape index (κ1) is 20.7. The van der Waals surface area contributed by atoms with E-state index in [1.54, 1.807) is 0 Å². The molecule has 2 aliphatic rings. The number of rotatable bonds is 7. The minimum atomic E-state index is -0.469. The highest BCUT2D eigenvalue weighted by Gasteiger charge is 2.51. The molecule has 0 bridgehead atoms. The van der Waals surface area contributed by atoms with Crippen molar-refractivity contribution in [2.24, 2.45) is 0 Å². The van der Waals surface area contributed by atoms with E-state index in [4.69, 9.17) is 0 Å². The number of amides is 1. The lowest BCUT2D eigenvalue weighted by Crippen LogP contribution is -2.65. The molecule has 0 radical (unpaired) electrons. The number of carbonyl (C=O) groups excluding carboxylic acids is 1. The second kappa shape index (κ2) is 7.94. The van der Waals surface area contributed by atoms with Gasteiger partial charge in [-0.3, -0.25) is 4.79 Å². The van der Waals surface area contributed by atoms with Gasteiger partial charge in [0.25, 0.3) is 0 Å². The summed E-state index contributed by atoms with van der Waals surface area (Å²) in [7, 11) is 0. The van der Waals surface area contributed by atoms with Gasteiger partial charge in [0.1, 0.15) is 5.54 Å². The maximum Gasteiger partial charge on any atom is 0.248 e. The molecule has 0 N–H and O–H groups in total. The lowest BCUT2D eigenvalue weighted by molar-refractivity contribution is -0.151. The molecule has 2 fully saturated rings. The van der Waals surface area contributed by atoms with Crippen LogP contribution in [0.1, 0.15) is 54.0 Å². The van der Waals surface area contributed by atoms with Crippen LogP contribution in [0.5, 0.6) is 0 Å². The third kappa shape index (κ3) is 4.16. The summed E-state index contributed by atoms with van der Waals surface area (Å²) in [4.78, 5) is 18.1. The fraction of sp³-hybridized carbons (Fsp3) is 0.444. The third-order valence-electron chi connectivity index (χ3n) is 6.67. The van der Waals surface area contributed by atoms with Crippen molar-refractivity contribution in [3.8, 4) is 0 Å². The van der Waals surface area contributed by atoms with Crippen LogP contribution in [0.4, 0.5) is 0 Å². The number of hydrogen-bond acceptors (Lipinski definition) is 2. The van der Waals surface area contributed by atoms with E-state index in [1.807, 2.05) is 0 Å². The quantitative estimate of drug-likeness (QED) is 0.625. The monoisotopic (exact) mass is 402 g/mol. The van der Waals surface area contributed by atoms with E-state index in [1.165, 1.54) is 27.8 Å². The molecule has 0 spiro atoms. The zero-order valence-corrected chi connectivity index (χ0v) is 18.9. The molecule has 1 atom stereocenters. The molecule has 1 heterocycles. The lowest BCUT2D eigenvalue weighted by atomic mass is 9.83. The smallest absolute Gasteiger partial charge is 0.248 e. The number of hydrogen-bond donors (Lipinski definition) is 0. The second-order valence-electron chi connectivity index (χ2n) is 9.56. The third-order valence-corrected chi connectivity index (χ3v) is 6.67. The summed E-state index contributed by atoms with van der Waals surface area (Å²) in [5.41, 5.74) is 6.87. The molecule has 3 heteroatoms. The van der Waals surface area contributed by atoms with Gasteiger partial charge in [0.15, 0.2) is 0 Å². The number of benzene rings is 2. The molecule has 4 rings (SSSR count). The van der Waals surface area contributed by atoms with E-state index < -0.39 is 5.54 Å². The molecule has 1 saturated heterocycles. The first-order valence-electron chi connectivity index (χ1n) is 11.2. The highest BCUT2D eigenvalue weighted by atomic mass is 16.2. The maximum atomic E-state index is 13.7. The minimum absolute atomic E-state index is 0.262. The zero-order chi connectivity index (χ0) is 21.5. The van der Waals surface area contributed by atoms with Crippen LogP contribution in [0.3, 0.4) is 0 Å². The van der Waals surface area contributed by atoms with Gasteiger partial charge in [-0.2, -0.15) is 0 Å². The van der Waals surface area contributed by atoms with Gasteiger partial charge >= 0.3 is 0 Å². The fourth-order valence-corrected chi connectivity index (χ4v) is 4.74. The predicted octanol–water partition coefficient (Wildman–Crippen LogP) is 5.32. The number of nitrogens with zero attached hydrogens (tertiary/aromatic N) is 2. The van der Waals surface area contributed by atoms with Crippen LogP contribution in [0.2, 0.25) is 0 Å². The lowest BCUT2D eigenvalue weighted by Gasteiger charge is -2.53. The van der Waals surface area contributed by atoms with Crippen LogP contribution in [0.15, 0.2) is 54.7 Å². The molecule has 2 aromatic carbocycles. The second-order valence-corrected chi connectivity index (χ2v) is 9.56. The van der Waals surface area contributed by atoms with E-state index >= 15 is 0 Å². The number of likely N-dealkylation sites (tertiary alicyclic amines) is 1. The van der Waals surface area contributed by atoms with Gasteiger partial charge in [0.2, 0.25) is 5.91 Å². The number of allylic oxidation sites excluding steroid dienone is 1. The zero-order valence-electron chi connectivity index (χ0n) is 18.9. The van der Waals surface area contributed by atoms with E-state index in [0.717, 1.165) is 37.9 Å². The normalized spacial score (nSPS) is 20.6. The van der Waals surface area contributed by atoms with Gasteiger partial charge in [0, 0.05) is 31.2 Å². The Hall–Kier alpha value is -2.55. The molecule has 1 aliphatic heterocycles. The van der Waals surface area contributed by atoms with Crippen molar-refractivity contribution in [2.45, 2.75) is 71.5 Å². The van der Waals surface area contributed by atoms with Gasteiger partial charge in [0.05, 0.1) is 0 Å². The molecule has 158 valence electrons. The Kier molecular flexibility index (Phi) is 5.48. The molecule has 1 aliphatic carbocycles. The maximum absolute atomic E-state index is 13.7. The Bertz CT molecular complexity index is 937. The summed E-state index contributed by atoms with van der Waals surface area (Å²) in [6, 6.07) is 15.6. The van der Waals surface area contributed by atoms with Crippen LogP contribution >= 0.6 is 0 Å². The van der Waals surface area contributed by atoms with Gasteiger partial charge in [-0.1, -0.05) is 65.7 Å². The van der Waals surface area contributed by atoms with E-state index in [9.17, 15) is 4.79 Å². The minimum Gasteiger partial charge on any atom is -0.361 e. The van der Waals surface area contributed by atoms with Gasteiger partial charge in [-0.25, -0.2) is 0 Å². The Balaban J connectivity index is 1.48. The van der Waals surface area contributed by atoms with Crippen molar-refractivity contribution in [3.05, 3.63) is 82.6 Å². The van der Waals surface area contributed by atoms with Crippen molar-refractivity contribution in [1.82, 2.24) is 9.80 Å². The van der Waals surface area contributed by atoms with E-state index in [2.05, 4.69) is 86.5 Å². The van der Waals surface area contributed by atoms with Crippen molar-refractivity contribution in [3.63, 3.8) is 0 Å². The summed E-state index contributed by atoms with van der Waals surface area (Å²) >= 11 is 0. The Morgan fingerprint density at radius 2 is 1.67 bits per heavy atom. The van der Waals surface area contributed by atoms with Gasteiger partial charge < -0.3 is 9.80 Å². The first-order valence-corrected chi connectivity index (χ1v) is 11.2. The molecule has 2 aromatic rings. The highest BCUT2D eigenvalue weighted by molar-refractivity contribution is 5.88. The van der Waals surface area contributed by atoms with Crippen LogP contribution < -0.4 is 0 Å². The molecular weight excluding hydrogens is 368 g/mol. The first-order chi connectivity index (χ1) is 14.3. The molecular formula is C27H34N2O. The average molecular weight is 403 g/mol. The van der Waals surface area contributed by atoms with Crippen molar-refractivity contribution in [2.75, 3.05) is 6.54 Å². The summed E-state index contributed by atoms with van der Waals surface area (Å²) in [5.74, 6) is 0.262. The predicted molar refractivity (Wildman–Crippen MR) is 123 cm³/mol. The Morgan fingerprint density at radius 3 is 2.20 bits per heavy atom. The summed E-state index contributed by atoms with van der Waals surface area (Å²) < 4.78 is 0. The van der Waals surface area contributed by atoms with E-state index in [0.29, 0.717) is 12.6 Å². The van der Waals surface area contributed by atoms with Crippen molar-refractivity contribution in [1.29, 1.82) is 0 Å². The van der Waals surface area contributed by atoms with E-state index in [-0.39, 0.29) is 5.91 Å². The van der Waals surface area contributed by atoms with Crippen molar-refractivity contribution >= 4 is 5.91 Å². The molecule has 1 unspecified atom stereocenters. The Morgan fingerprint density at radius 1 is 1.03 bits per heavy atom. The summed E-state index contributed by atoms with van der Waals surface area (Å²) in [5, 5.41) is 0. The van der Waals surface area contributed by atoms with Crippen LogP contribution in [-0.2, 0) is 17.8 Å². The van der Waals surface area contributed by atoms with Crippen molar-refractivity contribution < 1.29 is 4.79 Å². The Labute approximate surface area is 181 Å². The van der Waals surface area contributed by atoms with Crippen LogP contribution in [0.25, 0.3) is 0 Å². The fourth-order valence-electron chi connectivity index (χ4n) is 4.74. The molecule has 3 nitrogen and oxygen atoms in total. The molecule has 0 aromatic heterocycles. The van der Waals surface area contributed by atoms with Crippen LogP contribution in [-0.4, -0.2) is 33.8 Å². The highest BCUT2D eigenvalue weighted by Crippen LogP contribution is 2.39. The molecule has 1 saturated carbocycles. The molecule has 1 amide bonds. The SMILES string of the molecule is C=C(Cc1cc(C)cc(C)c1)N1CCC1(C)C(=O)N(Cc1ccc(C)cc1)C1CC1. The average Bonchev–Trinajstić information content (AvgIpc) is 3.49. The largest absolute Gasteiger partial charge is 0.361 e. The molecule has 30 heavy (non-hydrogen) atoms. The topological polar surface area (TPSA) is 23.6 Å². The standard InChI is InChI=1S/C27H34N2O/c1-19-6-8-23(9-7-19)18-28(25-10-11-25)26(30)27(5)12-13-29(27)22(4)17-24-15-20(2)14-21(3)16-24/h6-9,14-16,25H,4,10-13,17-18H2,1-3,5H3. The number of carbonyl (C=O) groups is 1.